The maximum Gasteiger partial charge on any atom is 0.122 e. The molecule has 2 heteroatoms. The molecule has 0 amide bonds. The van der Waals surface area contributed by atoms with Crippen molar-refractivity contribution < 1.29 is 9.84 Å². The highest BCUT2D eigenvalue weighted by molar-refractivity contribution is 5.38. The standard InChI is InChI=1S/C12H18O2/c1-3-4-5-8-14-12-7-6-11(13)9-10(12)2/h6-7,9,13H,3-5,8H2,1-2H3. The van der Waals surface area contributed by atoms with E-state index < -0.39 is 0 Å². The van der Waals surface area contributed by atoms with Gasteiger partial charge in [0.2, 0.25) is 0 Å². The van der Waals surface area contributed by atoms with Gasteiger partial charge in [0, 0.05) is 0 Å². The van der Waals surface area contributed by atoms with E-state index in [1.165, 1.54) is 12.8 Å². The Kier molecular flexibility index (Phi) is 4.30. The number of rotatable bonds is 5. The summed E-state index contributed by atoms with van der Waals surface area (Å²) in [6.45, 7) is 4.88. The zero-order chi connectivity index (χ0) is 10.4. The summed E-state index contributed by atoms with van der Waals surface area (Å²) in [6.07, 6.45) is 3.51. The Morgan fingerprint density at radius 1 is 1.29 bits per heavy atom. The Bertz CT molecular complexity index is 282. The van der Waals surface area contributed by atoms with E-state index in [2.05, 4.69) is 6.92 Å². The third-order valence-corrected chi connectivity index (χ3v) is 2.16. The Morgan fingerprint density at radius 3 is 2.71 bits per heavy atom. The van der Waals surface area contributed by atoms with E-state index in [-0.39, 0.29) is 0 Å². The molecule has 1 aromatic carbocycles. The van der Waals surface area contributed by atoms with E-state index in [0.717, 1.165) is 24.3 Å². The quantitative estimate of drug-likeness (QED) is 0.729. The van der Waals surface area contributed by atoms with Crippen LogP contribution in [-0.2, 0) is 0 Å². The van der Waals surface area contributed by atoms with Crippen LogP contribution in [0.3, 0.4) is 0 Å². The van der Waals surface area contributed by atoms with Crippen molar-refractivity contribution in [3.63, 3.8) is 0 Å². The lowest BCUT2D eigenvalue weighted by Crippen LogP contribution is -1.98. The Balaban J connectivity index is 2.42. The first-order chi connectivity index (χ1) is 6.74. The van der Waals surface area contributed by atoms with Gasteiger partial charge in [-0.15, -0.1) is 0 Å². The molecule has 0 heterocycles. The molecule has 0 bridgehead atoms. The van der Waals surface area contributed by atoms with Crippen molar-refractivity contribution in [3.05, 3.63) is 23.8 Å². The fraction of sp³-hybridized carbons (Fsp3) is 0.500. The van der Waals surface area contributed by atoms with Crippen LogP contribution in [0.4, 0.5) is 0 Å². The largest absolute Gasteiger partial charge is 0.508 e. The first-order valence-electron chi connectivity index (χ1n) is 5.16. The van der Waals surface area contributed by atoms with Gasteiger partial charge in [0.25, 0.3) is 0 Å². The fourth-order valence-electron chi connectivity index (χ4n) is 1.33. The normalized spacial score (nSPS) is 10.1. The van der Waals surface area contributed by atoms with E-state index >= 15 is 0 Å². The van der Waals surface area contributed by atoms with Gasteiger partial charge in [-0.05, 0) is 37.1 Å². The van der Waals surface area contributed by atoms with Gasteiger partial charge in [-0.3, -0.25) is 0 Å². The monoisotopic (exact) mass is 194 g/mol. The molecule has 0 fully saturated rings. The predicted molar refractivity (Wildman–Crippen MR) is 57.9 cm³/mol. The second-order valence-corrected chi connectivity index (χ2v) is 3.51. The number of hydrogen-bond acceptors (Lipinski definition) is 2. The van der Waals surface area contributed by atoms with Crippen molar-refractivity contribution in [3.8, 4) is 11.5 Å². The SMILES string of the molecule is CCCCCOc1ccc(O)cc1C. The van der Waals surface area contributed by atoms with Gasteiger partial charge in [0.15, 0.2) is 0 Å². The van der Waals surface area contributed by atoms with Crippen LogP contribution in [0.25, 0.3) is 0 Å². The van der Waals surface area contributed by atoms with Crippen molar-refractivity contribution in [2.24, 2.45) is 0 Å². The summed E-state index contributed by atoms with van der Waals surface area (Å²) in [4.78, 5) is 0. The van der Waals surface area contributed by atoms with Gasteiger partial charge in [0.05, 0.1) is 6.61 Å². The summed E-state index contributed by atoms with van der Waals surface area (Å²) >= 11 is 0. The van der Waals surface area contributed by atoms with Crippen LogP contribution in [0.2, 0.25) is 0 Å². The molecule has 0 aliphatic rings. The number of hydrogen-bond donors (Lipinski definition) is 1. The summed E-state index contributed by atoms with van der Waals surface area (Å²) in [5.41, 5.74) is 0.987. The number of aryl methyl sites for hydroxylation is 1. The van der Waals surface area contributed by atoms with Gasteiger partial charge >= 0.3 is 0 Å². The summed E-state index contributed by atoms with van der Waals surface area (Å²) in [6, 6.07) is 5.19. The highest BCUT2D eigenvalue weighted by atomic mass is 16.5. The zero-order valence-corrected chi connectivity index (χ0v) is 8.92. The molecule has 0 unspecified atom stereocenters. The number of phenolic OH excluding ortho intramolecular Hbond substituents is 1. The second kappa shape index (κ2) is 5.53. The van der Waals surface area contributed by atoms with E-state index in [0.29, 0.717) is 5.75 Å². The van der Waals surface area contributed by atoms with Crippen LogP contribution in [0.15, 0.2) is 18.2 Å². The molecule has 0 radical (unpaired) electrons. The molecule has 1 rings (SSSR count). The summed E-state index contributed by atoms with van der Waals surface area (Å²) < 4.78 is 5.58. The molecule has 0 aliphatic carbocycles. The molecular weight excluding hydrogens is 176 g/mol. The molecule has 0 saturated carbocycles. The summed E-state index contributed by atoms with van der Waals surface area (Å²) in [5, 5.41) is 9.19. The molecule has 78 valence electrons. The van der Waals surface area contributed by atoms with E-state index in [4.69, 9.17) is 4.74 Å². The molecule has 1 N–H and O–H groups in total. The Morgan fingerprint density at radius 2 is 2.07 bits per heavy atom. The minimum atomic E-state index is 0.295. The number of aromatic hydroxyl groups is 1. The highest BCUT2D eigenvalue weighted by Crippen LogP contribution is 2.22. The van der Waals surface area contributed by atoms with Crippen molar-refractivity contribution >= 4 is 0 Å². The average molecular weight is 194 g/mol. The topological polar surface area (TPSA) is 29.5 Å². The van der Waals surface area contributed by atoms with Crippen molar-refractivity contribution in [1.29, 1.82) is 0 Å². The predicted octanol–water partition coefficient (Wildman–Crippen LogP) is 3.27. The third-order valence-electron chi connectivity index (χ3n) is 2.16. The van der Waals surface area contributed by atoms with Crippen LogP contribution < -0.4 is 4.74 Å². The minimum Gasteiger partial charge on any atom is -0.508 e. The van der Waals surface area contributed by atoms with Gasteiger partial charge in [-0.25, -0.2) is 0 Å². The molecule has 2 nitrogen and oxygen atoms in total. The van der Waals surface area contributed by atoms with Crippen molar-refractivity contribution in [2.45, 2.75) is 33.1 Å². The molecule has 14 heavy (non-hydrogen) atoms. The van der Waals surface area contributed by atoms with Crippen LogP contribution in [-0.4, -0.2) is 11.7 Å². The van der Waals surface area contributed by atoms with E-state index in [1.807, 2.05) is 13.0 Å². The molecule has 0 aliphatic heterocycles. The molecular formula is C12H18O2. The summed E-state index contributed by atoms with van der Waals surface area (Å²) in [7, 11) is 0. The zero-order valence-electron chi connectivity index (χ0n) is 8.92. The lowest BCUT2D eigenvalue weighted by molar-refractivity contribution is 0.304. The molecule has 0 atom stereocenters. The smallest absolute Gasteiger partial charge is 0.122 e. The maximum atomic E-state index is 9.19. The van der Waals surface area contributed by atoms with E-state index in [9.17, 15) is 5.11 Å². The molecule has 0 aromatic heterocycles. The molecule has 0 spiro atoms. The number of ether oxygens (including phenoxy) is 1. The van der Waals surface area contributed by atoms with Crippen LogP contribution in [0.5, 0.6) is 11.5 Å². The number of unbranched alkanes of at least 4 members (excludes halogenated alkanes) is 2. The van der Waals surface area contributed by atoms with Gasteiger partial charge in [0.1, 0.15) is 11.5 Å². The lowest BCUT2D eigenvalue weighted by atomic mass is 10.2. The Hall–Kier alpha value is -1.18. The van der Waals surface area contributed by atoms with Crippen LogP contribution in [0, 0.1) is 6.92 Å². The molecule has 1 aromatic rings. The maximum absolute atomic E-state index is 9.19. The first kappa shape index (κ1) is 10.9. The minimum absolute atomic E-state index is 0.295. The van der Waals surface area contributed by atoms with Gasteiger partial charge < -0.3 is 9.84 Å². The second-order valence-electron chi connectivity index (χ2n) is 3.51. The Labute approximate surface area is 85.5 Å². The lowest BCUT2D eigenvalue weighted by Gasteiger charge is -2.08. The van der Waals surface area contributed by atoms with Gasteiger partial charge in [-0.1, -0.05) is 19.8 Å². The number of benzene rings is 1. The van der Waals surface area contributed by atoms with Crippen LogP contribution >= 0.6 is 0 Å². The summed E-state index contributed by atoms with van der Waals surface area (Å²) in [5.74, 6) is 1.17. The first-order valence-corrected chi connectivity index (χ1v) is 5.16. The molecule has 0 saturated heterocycles. The fourth-order valence-corrected chi connectivity index (χ4v) is 1.33. The van der Waals surface area contributed by atoms with Crippen LogP contribution in [0.1, 0.15) is 31.7 Å². The van der Waals surface area contributed by atoms with Gasteiger partial charge in [-0.2, -0.15) is 0 Å². The average Bonchev–Trinajstić information content (AvgIpc) is 2.15. The number of phenols is 1. The highest BCUT2D eigenvalue weighted by Gasteiger charge is 1.99. The van der Waals surface area contributed by atoms with E-state index in [1.54, 1.807) is 12.1 Å². The third kappa shape index (κ3) is 3.29. The van der Waals surface area contributed by atoms with Crippen molar-refractivity contribution in [2.75, 3.05) is 6.61 Å². The van der Waals surface area contributed by atoms with Crippen molar-refractivity contribution in [1.82, 2.24) is 0 Å².